The minimum Gasteiger partial charge on any atom is -0.357 e. The van der Waals surface area contributed by atoms with Gasteiger partial charge in [-0.1, -0.05) is 18.2 Å². The van der Waals surface area contributed by atoms with E-state index in [0.29, 0.717) is 24.7 Å². The summed E-state index contributed by atoms with van der Waals surface area (Å²) in [6.45, 7) is 3.22. The molecule has 162 valence electrons. The van der Waals surface area contributed by atoms with Crippen LogP contribution in [-0.2, 0) is 13.0 Å². The molecule has 1 aromatic carbocycles. The Balaban J connectivity index is 1.48. The second kappa shape index (κ2) is 7.81. The molecule has 9 heteroatoms. The maximum atomic E-state index is 12.2. The lowest BCUT2D eigenvalue weighted by Gasteiger charge is -2.36. The highest BCUT2D eigenvalue weighted by Crippen LogP contribution is 2.38. The summed E-state index contributed by atoms with van der Waals surface area (Å²) in [5.41, 5.74) is 3.51. The Bertz CT molecular complexity index is 1120. The van der Waals surface area contributed by atoms with Gasteiger partial charge in [0.1, 0.15) is 6.33 Å². The molecule has 4 heterocycles. The number of fused-ring (bicyclic) bond motifs is 3. The summed E-state index contributed by atoms with van der Waals surface area (Å²) in [5, 5.41) is 13.4. The van der Waals surface area contributed by atoms with Crippen molar-refractivity contribution in [1.82, 2.24) is 19.9 Å². The lowest BCUT2D eigenvalue weighted by atomic mass is 10.0. The first kappa shape index (κ1) is 19.7. The fourth-order valence-electron chi connectivity index (χ4n) is 4.94. The van der Waals surface area contributed by atoms with Gasteiger partial charge in [0.2, 0.25) is 11.6 Å². The highest BCUT2D eigenvalue weighted by molar-refractivity contribution is 5.85. The van der Waals surface area contributed by atoms with Gasteiger partial charge in [0, 0.05) is 36.2 Å². The van der Waals surface area contributed by atoms with Gasteiger partial charge in [-0.15, -0.1) is 0 Å². The lowest BCUT2D eigenvalue weighted by molar-refractivity contribution is -0.383. The molecule has 0 radical (unpaired) electrons. The summed E-state index contributed by atoms with van der Waals surface area (Å²) in [5.74, 6) is 0.811. The summed E-state index contributed by atoms with van der Waals surface area (Å²) in [7, 11) is 4.03. The zero-order valence-electron chi connectivity index (χ0n) is 17.9. The molecule has 1 saturated heterocycles. The van der Waals surface area contributed by atoms with Gasteiger partial charge in [0.25, 0.3) is 0 Å². The molecule has 0 amide bonds. The molecule has 0 atom stereocenters. The minimum atomic E-state index is -0.323. The Morgan fingerprint density at radius 1 is 1.19 bits per heavy atom. The van der Waals surface area contributed by atoms with Crippen LogP contribution in [0.2, 0.25) is 0 Å². The number of aromatic nitrogens is 3. The first-order valence-electron chi connectivity index (χ1n) is 10.8. The first-order chi connectivity index (χ1) is 15.0. The highest BCUT2D eigenvalue weighted by Gasteiger charge is 2.34. The molecule has 0 spiro atoms. The molecule has 0 saturated carbocycles. The molecule has 9 nitrogen and oxygen atoms in total. The molecule has 1 N–H and O–H groups in total. The standard InChI is InChI=1S/C22H27N7O2/c1-26-10-7-15(8-11-26)27(2)21-20(29(30)31)22(24-14-23-21)28-12-9-17-16-5-3-4-6-18(16)25-19(17)13-28/h3-6,14-15,25H,7-13H2,1-2H3. The van der Waals surface area contributed by atoms with Gasteiger partial charge < -0.3 is 19.7 Å². The fraction of sp³-hybridized carbons (Fsp3) is 0.455. The van der Waals surface area contributed by atoms with E-state index in [1.807, 2.05) is 29.0 Å². The number of benzene rings is 1. The van der Waals surface area contributed by atoms with Crippen LogP contribution in [0.3, 0.4) is 0 Å². The van der Waals surface area contributed by atoms with Crippen LogP contribution in [0.4, 0.5) is 17.3 Å². The van der Waals surface area contributed by atoms with E-state index in [1.54, 1.807) is 0 Å². The number of rotatable bonds is 4. The molecule has 3 aromatic rings. The summed E-state index contributed by atoms with van der Waals surface area (Å²) in [6.07, 6.45) is 4.21. The molecule has 1 fully saturated rings. The SMILES string of the molecule is CN1CCC(N(C)c2ncnc(N3CCc4c([nH]c5ccccc45)C3)c2[N+](=O)[O-])CC1. The fourth-order valence-corrected chi connectivity index (χ4v) is 4.94. The van der Waals surface area contributed by atoms with Crippen LogP contribution < -0.4 is 9.80 Å². The normalized spacial score (nSPS) is 17.7. The van der Waals surface area contributed by atoms with Gasteiger partial charge in [-0.2, -0.15) is 0 Å². The number of anilines is 2. The van der Waals surface area contributed by atoms with Crippen LogP contribution in [0.15, 0.2) is 30.6 Å². The molecule has 2 aliphatic rings. The third-order valence-corrected chi connectivity index (χ3v) is 6.72. The summed E-state index contributed by atoms with van der Waals surface area (Å²) >= 11 is 0. The number of hydrogen-bond donors (Lipinski definition) is 1. The molecule has 0 bridgehead atoms. The predicted molar refractivity (Wildman–Crippen MR) is 121 cm³/mol. The van der Waals surface area contributed by atoms with E-state index < -0.39 is 0 Å². The van der Waals surface area contributed by atoms with Crippen molar-refractivity contribution < 1.29 is 4.92 Å². The van der Waals surface area contributed by atoms with Crippen molar-refractivity contribution >= 4 is 28.2 Å². The zero-order chi connectivity index (χ0) is 21.5. The van der Waals surface area contributed by atoms with Gasteiger partial charge in [-0.05, 0) is 51.0 Å². The summed E-state index contributed by atoms with van der Waals surface area (Å²) < 4.78 is 0. The quantitative estimate of drug-likeness (QED) is 0.511. The predicted octanol–water partition coefficient (Wildman–Crippen LogP) is 2.96. The molecule has 5 rings (SSSR count). The number of nitro groups is 1. The van der Waals surface area contributed by atoms with E-state index in [-0.39, 0.29) is 16.7 Å². The number of likely N-dealkylation sites (tertiary alicyclic amines) is 1. The molecule has 2 aromatic heterocycles. The van der Waals surface area contributed by atoms with Crippen LogP contribution in [0, 0.1) is 10.1 Å². The van der Waals surface area contributed by atoms with Crippen LogP contribution >= 0.6 is 0 Å². The number of para-hydroxylation sites is 1. The van der Waals surface area contributed by atoms with Crippen molar-refractivity contribution in [3.05, 3.63) is 52.0 Å². The van der Waals surface area contributed by atoms with Crippen molar-refractivity contribution in [3.63, 3.8) is 0 Å². The summed E-state index contributed by atoms with van der Waals surface area (Å²) in [4.78, 5) is 30.3. The van der Waals surface area contributed by atoms with Gasteiger partial charge in [0.15, 0.2) is 0 Å². The summed E-state index contributed by atoms with van der Waals surface area (Å²) in [6, 6.07) is 8.49. The van der Waals surface area contributed by atoms with Gasteiger partial charge in [-0.3, -0.25) is 10.1 Å². The number of aromatic amines is 1. The maximum absolute atomic E-state index is 12.2. The van der Waals surface area contributed by atoms with Gasteiger partial charge >= 0.3 is 5.69 Å². The zero-order valence-corrected chi connectivity index (χ0v) is 17.9. The van der Waals surface area contributed by atoms with E-state index in [2.05, 4.69) is 39.0 Å². The van der Waals surface area contributed by atoms with Crippen molar-refractivity contribution in [2.75, 3.05) is 43.5 Å². The Kier molecular flexibility index (Phi) is 4.97. The lowest BCUT2D eigenvalue weighted by Crippen LogP contribution is -2.42. The molecule has 2 aliphatic heterocycles. The van der Waals surface area contributed by atoms with Crippen molar-refractivity contribution in [2.24, 2.45) is 0 Å². The third-order valence-electron chi connectivity index (χ3n) is 6.72. The number of nitrogens with one attached hydrogen (secondary N) is 1. The van der Waals surface area contributed by atoms with E-state index in [9.17, 15) is 10.1 Å². The monoisotopic (exact) mass is 421 g/mol. The highest BCUT2D eigenvalue weighted by atomic mass is 16.6. The first-order valence-corrected chi connectivity index (χ1v) is 10.8. The van der Waals surface area contributed by atoms with Crippen LogP contribution in [0.1, 0.15) is 24.1 Å². The Hall–Kier alpha value is -3.20. The van der Waals surface area contributed by atoms with E-state index in [1.165, 1.54) is 17.3 Å². The van der Waals surface area contributed by atoms with Crippen LogP contribution in [0.25, 0.3) is 10.9 Å². The molecular formula is C22H27N7O2. The number of nitrogens with zero attached hydrogens (tertiary/aromatic N) is 6. The number of piperidine rings is 1. The molecule has 31 heavy (non-hydrogen) atoms. The number of hydrogen-bond acceptors (Lipinski definition) is 7. The van der Waals surface area contributed by atoms with E-state index in [4.69, 9.17) is 0 Å². The maximum Gasteiger partial charge on any atom is 0.353 e. The third kappa shape index (κ3) is 3.48. The van der Waals surface area contributed by atoms with Crippen molar-refractivity contribution in [2.45, 2.75) is 31.8 Å². The average molecular weight is 422 g/mol. The molecular weight excluding hydrogens is 394 g/mol. The number of H-pyrrole nitrogens is 1. The van der Waals surface area contributed by atoms with Gasteiger partial charge in [-0.25, -0.2) is 9.97 Å². The Labute approximate surface area is 180 Å². The minimum absolute atomic E-state index is 0.00323. The average Bonchev–Trinajstić information content (AvgIpc) is 3.16. The van der Waals surface area contributed by atoms with Crippen molar-refractivity contribution in [3.8, 4) is 0 Å². The molecule has 0 aliphatic carbocycles. The van der Waals surface area contributed by atoms with Gasteiger partial charge in [0.05, 0.1) is 11.5 Å². The topological polar surface area (TPSA) is 94.4 Å². The van der Waals surface area contributed by atoms with Crippen LogP contribution in [0.5, 0.6) is 0 Å². The Morgan fingerprint density at radius 2 is 1.97 bits per heavy atom. The van der Waals surface area contributed by atoms with E-state index >= 15 is 0 Å². The van der Waals surface area contributed by atoms with E-state index in [0.717, 1.165) is 43.6 Å². The largest absolute Gasteiger partial charge is 0.357 e. The smallest absolute Gasteiger partial charge is 0.353 e. The van der Waals surface area contributed by atoms with Crippen LogP contribution in [-0.4, -0.2) is 64.5 Å². The Morgan fingerprint density at radius 3 is 2.74 bits per heavy atom. The van der Waals surface area contributed by atoms with Crippen molar-refractivity contribution in [1.29, 1.82) is 0 Å². The molecule has 0 unspecified atom stereocenters. The second-order valence-electron chi connectivity index (χ2n) is 8.57. The second-order valence-corrected chi connectivity index (χ2v) is 8.57.